The van der Waals surface area contributed by atoms with E-state index in [1.165, 1.54) is 24.5 Å². The second-order valence-electron chi connectivity index (χ2n) is 5.88. The van der Waals surface area contributed by atoms with Gasteiger partial charge in [-0.2, -0.15) is 0 Å². The van der Waals surface area contributed by atoms with Crippen LogP contribution in [0.15, 0.2) is 48.5 Å². The molecule has 1 aromatic heterocycles. The van der Waals surface area contributed by atoms with E-state index in [2.05, 4.69) is 15.5 Å². The lowest BCUT2D eigenvalue weighted by Crippen LogP contribution is -2.25. The molecule has 8 nitrogen and oxygen atoms in total. The van der Waals surface area contributed by atoms with E-state index in [0.29, 0.717) is 21.4 Å². The van der Waals surface area contributed by atoms with Crippen molar-refractivity contribution in [2.75, 3.05) is 30.0 Å². The van der Waals surface area contributed by atoms with Crippen molar-refractivity contribution in [1.29, 1.82) is 0 Å². The van der Waals surface area contributed by atoms with Crippen molar-refractivity contribution in [3.05, 3.63) is 54.1 Å². The Balaban J connectivity index is 1.76. The molecule has 28 heavy (non-hydrogen) atoms. The van der Waals surface area contributed by atoms with E-state index in [1.54, 1.807) is 25.3 Å². The van der Waals surface area contributed by atoms with Gasteiger partial charge in [-0.05, 0) is 42.5 Å². The Morgan fingerprint density at radius 1 is 1.14 bits per heavy atom. The molecule has 0 aliphatic heterocycles. The normalized spacial score (nSPS) is 11.1. The quantitative estimate of drug-likeness (QED) is 0.660. The van der Waals surface area contributed by atoms with Crippen LogP contribution in [0.2, 0.25) is 0 Å². The summed E-state index contributed by atoms with van der Waals surface area (Å²) in [6.07, 6.45) is 1.10. The summed E-state index contributed by atoms with van der Waals surface area (Å²) in [5.74, 6) is 0.335. The lowest BCUT2D eigenvalue weighted by Gasteiger charge is -2.17. The number of ether oxygens (including phenoxy) is 1. The van der Waals surface area contributed by atoms with Gasteiger partial charge in [0.2, 0.25) is 15.2 Å². The molecule has 0 atom stereocenters. The summed E-state index contributed by atoms with van der Waals surface area (Å²) in [6, 6.07) is 13.7. The molecule has 1 heterocycles. The lowest BCUT2D eigenvalue weighted by atomic mass is 10.2. The minimum Gasteiger partial charge on any atom is -0.497 e. The third kappa shape index (κ3) is 4.46. The summed E-state index contributed by atoms with van der Waals surface area (Å²) in [6.45, 7) is 0. The number of rotatable bonds is 6. The molecule has 146 valence electrons. The largest absolute Gasteiger partial charge is 0.497 e. The molecule has 0 bridgehead atoms. The first-order chi connectivity index (χ1) is 13.3. The fourth-order valence-corrected chi connectivity index (χ4v) is 3.57. The molecule has 0 fully saturated rings. The average Bonchev–Trinajstić information content (AvgIpc) is 3.15. The van der Waals surface area contributed by atoms with Crippen molar-refractivity contribution in [2.45, 2.75) is 0 Å². The van der Waals surface area contributed by atoms with Crippen LogP contribution in [0.5, 0.6) is 5.75 Å². The standard InChI is InChI=1S/C18H18N4O4S2/c1-22(28(3,24)25)14-6-4-5-13(11-14)16(23)19-18-21-20-17(27-18)12-7-9-15(26-2)10-8-12/h4-11H,1-3H3,(H,19,21,23). The Morgan fingerprint density at radius 2 is 1.86 bits per heavy atom. The van der Waals surface area contributed by atoms with Crippen LogP contribution < -0.4 is 14.4 Å². The summed E-state index contributed by atoms with van der Waals surface area (Å²) >= 11 is 1.24. The molecule has 3 rings (SSSR count). The highest BCUT2D eigenvalue weighted by Crippen LogP contribution is 2.28. The van der Waals surface area contributed by atoms with Crippen molar-refractivity contribution < 1.29 is 17.9 Å². The molecule has 0 aliphatic rings. The number of nitrogens with zero attached hydrogens (tertiary/aromatic N) is 3. The van der Waals surface area contributed by atoms with Gasteiger partial charge < -0.3 is 4.74 Å². The fourth-order valence-electron chi connectivity index (χ4n) is 2.33. The third-order valence-electron chi connectivity index (χ3n) is 3.95. The van der Waals surface area contributed by atoms with Gasteiger partial charge in [0.1, 0.15) is 10.8 Å². The number of hydrogen-bond acceptors (Lipinski definition) is 7. The number of sulfonamides is 1. The van der Waals surface area contributed by atoms with Crippen LogP contribution >= 0.6 is 11.3 Å². The van der Waals surface area contributed by atoms with Crippen LogP contribution in [-0.4, -0.2) is 44.9 Å². The van der Waals surface area contributed by atoms with Crippen LogP contribution in [0, 0.1) is 0 Å². The van der Waals surface area contributed by atoms with Crippen molar-refractivity contribution in [2.24, 2.45) is 0 Å². The van der Waals surface area contributed by atoms with E-state index in [1.807, 2.05) is 24.3 Å². The predicted molar refractivity (Wildman–Crippen MR) is 110 cm³/mol. The Hall–Kier alpha value is -2.98. The van der Waals surface area contributed by atoms with Crippen molar-refractivity contribution in [3.8, 4) is 16.3 Å². The molecule has 0 spiro atoms. The van der Waals surface area contributed by atoms with Gasteiger partial charge in [-0.15, -0.1) is 10.2 Å². The maximum atomic E-state index is 12.5. The number of benzene rings is 2. The molecule has 3 aromatic rings. The first kappa shape index (κ1) is 19.8. The topological polar surface area (TPSA) is 101 Å². The molecule has 0 aliphatic carbocycles. The number of hydrogen-bond donors (Lipinski definition) is 1. The van der Waals surface area contributed by atoms with Gasteiger partial charge in [-0.25, -0.2) is 8.42 Å². The second-order valence-corrected chi connectivity index (χ2v) is 8.87. The number of carbonyl (C=O) groups excluding carboxylic acids is 1. The highest BCUT2D eigenvalue weighted by molar-refractivity contribution is 7.92. The van der Waals surface area contributed by atoms with Gasteiger partial charge >= 0.3 is 0 Å². The molecular formula is C18H18N4O4S2. The van der Waals surface area contributed by atoms with Gasteiger partial charge in [0.15, 0.2) is 0 Å². The first-order valence-electron chi connectivity index (χ1n) is 8.11. The SMILES string of the molecule is COc1ccc(-c2nnc(NC(=O)c3cccc(N(C)S(C)(=O)=O)c3)s2)cc1. The van der Waals surface area contributed by atoms with Crippen molar-refractivity contribution in [3.63, 3.8) is 0 Å². The van der Waals surface area contributed by atoms with Crippen LogP contribution in [0.3, 0.4) is 0 Å². The van der Waals surface area contributed by atoms with Crippen LogP contribution in [0.25, 0.3) is 10.6 Å². The third-order valence-corrected chi connectivity index (χ3v) is 6.05. The summed E-state index contributed by atoms with van der Waals surface area (Å²) in [4.78, 5) is 12.5. The Labute approximate surface area is 166 Å². The zero-order valence-corrected chi connectivity index (χ0v) is 17.0. The summed E-state index contributed by atoms with van der Waals surface area (Å²) in [5.41, 5.74) is 1.57. The number of nitrogens with one attached hydrogen (secondary N) is 1. The maximum Gasteiger partial charge on any atom is 0.257 e. The molecule has 10 heteroatoms. The average molecular weight is 419 g/mol. The van der Waals surface area contributed by atoms with Crippen LogP contribution in [0.1, 0.15) is 10.4 Å². The fraction of sp³-hybridized carbons (Fsp3) is 0.167. The summed E-state index contributed by atoms with van der Waals surface area (Å²) < 4.78 is 29.6. The predicted octanol–water partition coefficient (Wildman–Crippen LogP) is 2.86. The summed E-state index contributed by atoms with van der Waals surface area (Å²) in [5, 5.41) is 11.8. The van der Waals surface area contributed by atoms with E-state index in [9.17, 15) is 13.2 Å². The van der Waals surface area contributed by atoms with Gasteiger partial charge in [0.25, 0.3) is 5.91 Å². The highest BCUT2D eigenvalue weighted by Gasteiger charge is 2.15. The number of methoxy groups -OCH3 is 1. The first-order valence-corrected chi connectivity index (χ1v) is 10.8. The lowest BCUT2D eigenvalue weighted by molar-refractivity contribution is 0.102. The Bertz CT molecular complexity index is 1090. The molecule has 0 unspecified atom stereocenters. The van der Waals surface area contributed by atoms with E-state index < -0.39 is 15.9 Å². The monoisotopic (exact) mass is 418 g/mol. The molecular weight excluding hydrogens is 400 g/mol. The van der Waals surface area contributed by atoms with Gasteiger partial charge in [0, 0.05) is 18.2 Å². The van der Waals surface area contributed by atoms with E-state index in [4.69, 9.17) is 4.74 Å². The van der Waals surface area contributed by atoms with Crippen molar-refractivity contribution >= 4 is 38.1 Å². The van der Waals surface area contributed by atoms with Gasteiger partial charge in [0.05, 0.1) is 19.1 Å². The van der Waals surface area contributed by atoms with E-state index >= 15 is 0 Å². The highest BCUT2D eigenvalue weighted by atomic mass is 32.2. The van der Waals surface area contributed by atoms with Crippen molar-refractivity contribution in [1.82, 2.24) is 10.2 Å². The maximum absolute atomic E-state index is 12.5. The number of aromatic nitrogens is 2. The molecule has 1 N–H and O–H groups in total. The Kier molecular flexibility index (Phi) is 5.61. The zero-order valence-electron chi connectivity index (χ0n) is 15.4. The van der Waals surface area contributed by atoms with Crippen LogP contribution in [0.4, 0.5) is 10.8 Å². The minimum atomic E-state index is -3.42. The van der Waals surface area contributed by atoms with E-state index in [-0.39, 0.29) is 0 Å². The molecule has 0 saturated heterocycles. The number of anilines is 2. The van der Waals surface area contributed by atoms with Gasteiger partial charge in [-0.3, -0.25) is 14.4 Å². The number of amides is 1. The molecule has 1 amide bonds. The smallest absolute Gasteiger partial charge is 0.257 e. The number of carbonyl (C=O) groups is 1. The second kappa shape index (κ2) is 7.95. The van der Waals surface area contributed by atoms with Gasteiger partial charge in [-0.1, -0.05) is 17.4 Å². The molecule has 0 radical (unpaired) electrons. The van der Waals surface area contributed by atoms with Crippen LogP contribution in [-0.2, 0) is 10.0 Å². The molecule has 0 saturated carbocycles. The minimum absolute atomic E-state index is 0.314. The van der Waals surface area contributed by atoms with E-state index in [0.717, 1.165) is 21.9 Å². The zero-order chi connectivity index (χ0) is 20.3. The molecule has 2 aromatic carbocycles. The Morgan fingerprint density at radius 3 is 2.50 bits per heavy atom. The summed E-state index contributed by atoms with van der Waals surface area (Å²) in [7, 11) is -0.395.